The molecule has 2 aromatic heterocycles. The number of nitrogens with zero attached hydrogens (tertiary/aromatic N) is 3. The van der Waals surface area contributed by atoms with Gasteiger partial charge in [-0.05, 0) is 36.8 Å². The van der Waals surface area contributed by atoms with Crippen molar-refractivity contribution in [1.82, 2.24) is 15.6 Å². The van der Waals surface area contributed by atoms with Gasteiger partial charge in [0.15, 0.2) is 5.96 Å². The fourth-order valence-electron chi connectivity index (χ4n) is 3.00. The second-order valence-corrected chi connectivity index (χ2v) is 8.31. The van der Waals surface area contributed by atoms with Crippen LogP contribution >= 0.6 is 46.7 Å². The SMILES string of the molecule is CCc1cnc(CCNC(=NC)NC2CCN(c3cccs3)CC2)s1.I. The molecule has 0 aliphatic carbocycles. The molecule has 1 aliphatic heterocycles. The lowest BCUT2D eigenvalue weighted by Gasteiger charge is -2.33. The minimum atomic E-state index is 0. The van der Waals surface area contributed by atoms with Crippen LogP contribution in [0.15, 0.2) is 28.7 Å². The van der Waals surface area contributed by atoms with Crippen molar-refractivity contribution >= 4 is 57.6 Å². The summed E-state index contributed by atoms with van der Waals surface area (Å²) >= 11 is 3.64. The lowest BCUT2D eigenvalue weighted by Crippen LogP contribution is -2.49. The number of aryl methyl sites for hydroxylation is 1. The summed E-state index contributed by atoms with van der Waals surface area (Å²) in [7, 11) is 1.84. The molecule has 1 aliphatic rings. The van der Waals surface area contributed by atoms with Crippen molar-refractivity contribution < 1.29 is 0 Å². The third-order valence-corrected chi connectivity index (χ3v) is 6.59. The molecule has 8 heteroatoms. The van der Waals surface area contributed by atoms with Crippen molar-refractivity contribution in [3.8, 4) is 0 Å². The first-order chi connectivity index (χ1) is 12.3. The van der Waals surface area contributed by atoms with Crippen LogP contribution in [0.1, 0.15) is 29.7 Å². The lowest BCUT2D eigenvalue weighted by atomic mass is 10.1. The van der Waals surface area contributed by atoms with Crippen LogP contribution in [-0.2, 0) is 12.8 Å². The van der Waals surface area contributed by atoms with Gasteiger partial charge in [-0.15, -0.1) is 46.7 Å². The van der Waals surface area contributed by atoms with E-state index in [9.17, 15) is 0 Å². The highest BCUT2D eigenvalue weighted by atomic mass is 127. The number of anilines is 1. The van der Waals surface area contributed by atoms with Gasteiger partial charge in [0.05, 0.1) is 10.0 Å². The van der Waals surface area contributed by atoms with E-state index < -0.39 is 0 Å². The van der Waals surface area contributed by atoms with E-state index in [2.05, 4.69) is 49.9 Å². The van der Waals surface area contributed by atoms with Gasteiger partial charge >= 0.3 is 0 Å². The monoisotopic (exact) mass is 505 g/mol. The molecule has 0 unspecified atom stereocenters. The Hall–Kier alpha value is -0.870. The summed E-state index contributed by atoms with van der Waals surface area (Å²) in [5, 5.41) is 11.7. The van der Waals surface area contributed by atoms with E-state index in [0.29, 0.717) is 6.04 Å². The van der Waals surface area contributed by atoms with Crippen LogP contribution in [0.25, 0.3) is 0 Å². The second kappa shape index (κ2) is 11.1. The Balaban J connectivity index is 0.00000243. The third-order valence-electron chi connectivity index (χ3n) is 4.46. The summed E-state index contributed by atoms with van der Waals surface area (Å²) in [6.07, 6.45) is 6.30. The van der Waals surface area contributed by atoms with Gasteiger partial charge in [0.1, 0.15) is 0 Å². The Kier molecular flexibility index (Phi) is 9.13. The molecule has 2 aromatic rings. The molecule has 5 nitrogen and oxygen atoms in total. The molecule has 0 bridgehead atoms. The maximum absolute atomic E-state index is 4.47. The van der Waals surface area contributed by atoms with Crippen LogP contribution in [0.3, 0.4) is 0 Å². The highest BCUT2D eigenvalue weighted by molar-refractivity contribution is 14.0. The van der Waals surface area contributed by atoms with Crippen molar-refractivity contribution in [2.45, 2.75) is 38.6 Å². The molecule has 0 saturated carbocycles. The molecule has 144 valence electrons. The Morgan fingerprint density at radius 3 is 2.81 bits per heavy atom. The summed E-state index contributed by atoms with van der Waals surface area (Å²) in [6, 6.07) is 4.83. The number of rotatable bonds is 6. The minimum absolute atomic E-state index is 0. The molecular formula is C18H28IN5S2. The predicted octanol–water partition coefficient (Wildman–Crippen LogP) is 3.76. The van der Waals surface area contributed by atoms with Crippen molar-refractivity contribution in [3.05, 3.63) is 33.6 Å². The number of piperidine rings is 1. The number of aromatic nitrogens is 1. The number of aliphatic imine (C=N–C) groups is 1. The van der Waals surface area contributed by atoms with Gasteiger partial charge in [0.25, 0.3) is 0 Å². The molecule has 0 aromatic carbocycles. The largest absolute Gasteiger partial charge is 0.363 e. The number of nitrogens with one attached hydrogen (secondary N) is 2. The lowest BCUT2D eigenvalue weighted by molar-refractivity contribution is 0.463. The number of thiophene rings is 1. The van der Waals surface area contributed by atoms with E-state index in [1.807, 2.05) is 35.9 Å². The van der Waals surface area contributed by atoms with Crippen LogP contribution in [-0.4, -0.2) is 43.7 Å². The van der Waals surface area contributed by atoms with E-state index in [1.54, 1.807) is 0 Å². The highest BCUT2D eigenvalue weighted by Gasteiger charge is 2.20. The molecule has 1 saturated heterocycles. The highest BCUT2D eigenvalue weighted by Crippen LogP contribution is 2.24. The fraction of sp³-hybridized carbons (Fsp3) is 0.556. The number of hydrogen-bond donors (Lipinski definition) is 2. The van der Waals surface area contributed by atoms with Gasteiger partial charge in [0.2, 0.25) is 0 Å². The van der Waals surface area contributed by atoms with Crippen molar-refractivity contribution in [2.75, 3.05) is 31.6 Å². The molecule has 0 atom stereocenters. The Labute approximate surface area is 181 Å². The zero-order valence-electron chi connectivity index (χ0n) is 15.4. The zero-order chi connectivity index (χ0) is 17.5. The molecule has 26 heavy (non-hydrogen) atoms. The third kappa shape index (κ3) is 6.09. The van der Waals surface area contributed by atoms with Gasteiger partial charge in [-0.3, -0.25) is 4.99 Å². The minimum Gasteiger partial charge on any atom is -0.363 e. The fourth-order valence-corrected chi connectivity index (χ4v) is 4.64. The maximum Gasteiger partial charge on any atom is 0.191 e. The van der Waals surface area contributed by atoms with Crippen LogP contribution < -0.4 is 15.5 Å². The summed E-state index contributed by atoms with van der Waals surface area (Å²) in [5.41, 5.74) is 0. The number of hydrogen-bond acceptors (Lipinski definition) is 5. The first-order valence-corrected chi connectivity index (χ1v) is 10.7. The smallest absolute Gasteiger partial charge is 0.191 e. The van der Waals surface area contributed by atoms with Crippen LogP contribution in [0.2, 0.25) is 0 Å². The molecule has 3 heterocycles. The molecule has 1 fully saturated rings. The molecule has 3 rings (SSSR count). The van der Waals surface area contributed by atoms with Crippen LogP contribution in [0.5, 0.6) is 0 Å². The van der Waals surface area contributed by atoms with Crippen LogP contribution in [0, 0.1) is 0 Å². The molecule has 0 amide bonds. The summed E-state index contributed by atoms with van der Waals surface area (Å²) < 4.78 is 0. The van der Waals surface area contributed by atoms with E-state index in [1.165, 1.54) is 14.9 Å². The van der Waals surface area contributed by atoms with Gasteiger partial charge in [-0.2, -0.15) is 0 Å². The standard InChI is InChI=1S/C18H27N5S2.HI/c1-3-15-13-21-16(25-15)6-9-20-18(19-2)22-14-7-10-23(11-8-14)17-5-4-12-24-17;/h4-5,12-14H,3,6-11H2,1-2H3,(H2,19,20,22);1H. The Morgan fingerprint density at radius 2 is 2.19 bits per heavy atom. The first kappa shape index (κ1) is 21.4. The number of guanidine groups is 1. The Morgan fingerprint density at radius 1 is 1.38 bits per heavy atom. The first-order valence-electron chi connectivity index (χ1n) is 8.97. The van der Waals surface area contributed by atoms with Crippen molar-refractivity contribution in [2.24, 2.45) is 4.99 Å². The van der Waals surface area contributed by atoms with E-state index in [0.717, 1.165) is 51.3 Å². The normalized spacial score (nSPS) is 15.6. The summed E-state index contributed by atoms with van der Waals surface area (Å²) in [6.45, 7) is 5.25. The van der Waals surface area contributed by atoms with Gasteiger partial charge < -0.3 is 15.5 Å². The topological polar surface area (TPSA) is 52.6 Å². The number of halogens is 1. The van der Waals surface area contributed by atoms with Crippen molar-refractivity contribution in [3.63, 3.8) is 0 Å². The average molecular weight is 505 g/mol. The second-order valence-electron chi connectivity index (χ2n) is 6.18. The molecule has 0 spiro atoms. The maximum atomic E-state index is 4.47. The van der Waals surface area contributed by atoms with Gasteiger partial charge in [0, 0.05) is 50.2 Å². The summed E-state index contributed by atoms with van der Waals surface area (Å²) in [5.74, 6) is 0.904. The van der Waals surface area contributed by atoms with Crippen LogP contribution in [0.4, 0.5) is 5.00 Å². The molecular weight excluding hydrogens is 477 g/mol. The molecule has 0 radical (unpaired) electrons. The number of thiazole rings is 1. The van der Waals surface area contributed by atoms with Gasteiger partial charge in [-0.1, -0.05) is 6.92 Å². The predicted molar refractivity (Wildman–Crippen MR) is 125 cm³/mol. The van der Waals surface area contributed by atoms with E-state index in [4.69, 9.17) is 0 Å². The van der Waals surface area contributed by atoms with Gasteiger partial charge in [-0.25, -0.2) is 4.98 Å². The molecule has 2 N–H and O–H groups in total. The summed E-state index contributed by atoms with van der Waals surface area (Å²) in [4.78, 5) is 12.7. The average Bonchev–Trinajstić information content (AvgIpc) is 3.33. The van der Waals surface area contributed by atoms with E-state index >= 15 is 0 Å². The Bertz CT molecular complexity index is 663. The zero-order valence-corrected chi connectivity index (χ0v) is 19.4. The quantitative estimate of drug-likeness (QED) is 0.357. The van der Waals surface area contributed by atoms with Crippen molar-refractivity contribution in [1.29, 1.82) is 0 Å². The van der Waals surface area contributed by atoms with E-state index in [-0.39, 0.29) is 24.0 Å².